The largest absolute Gasteiger partial charge is 0.461 e. The molecule has 0 aromatic heterocycles. The molecule has 3 amide bonds. The van der Waals surface area contributed by atoms with Gasteiger partial charge in [0.05, 0.1) is 62.6 Å². The van der Waals surface area contributed by atoms with Gasteiger partial charge in [0.1, 0.15) is 24.4 Å². The number of esters is 1. The predicted octanol–water partition coefficient (Wildman–Crippen LogP) is 5.36. The molecular formula is C65H109N5O17. The number of hydrogen-bond donors (Lipinski definition) is 6. The average molecular weight is 1230 g/mol. The fourth-order valence-electron chi connectivity index (χ4n) is 12.9. The normalized spacial score (nSPS) is 36.1. The van der Waals surface area contributed by atoms with Gasteiger partial charge in [-0.1, -0.05) is 64.1 Å². The molecule has 4 aliphatic heterocycles. The Balaban J connectivity index is 1.39. The van der Waals surface area contributed by atoms with E-state index in [-0.39, 0.29) is 80.2 Å². The zero-order valence-corrected chi connectivity index (χ0v) is 54.2. The van der Waals surface area contributed by atoms with Crippen molar-refractivity contribution in [2.45, 2.75) is 218 Å². The summed E-state index contributed by atoms with van der Waals surface area (Å²) in [4.78, 5) is 78.4. The first-order valence-electron chi connectivity index (χ1n) is 32.2. The molecule has 6 N–H and O–H groups in total. The van der Waals surface area contributed by atoms with Gasteiger partial charge in [-0.05, 0) is 133 Å². The fraction of sp³-hybridized carbons (Fsp3) is 0.815. The molecule has 16 atom stereocenters. The molecule has 496 valence electrons. The SMILES string of the molecule is COCCOCCNC(=O)CN1CCC(NC(=O)CO/N=C2\[C@H](C)C[C@H](C)C(C)C/C=C/C=C(\C)[C@@H](OC)C[C@@H]3CC[C@@H](C)[C@@](O)(O3)C(=O)C(=O)N3CCCC[C@H]3C(=O)O[C@H](CC[C@@H]3CC[C@@H](O)[C@H](OC)C3)C[C@@H](O)[C@H](C)/C=C(\C)[C@@H](O)[C@H]2OC)CC1. The van der Waals surface area contributed by atoms with Gasteiger partial charge in [-0.15, -0.1) is 0 Å². The number of aliphatic hydroxyl groups excluding tert-OH is 3. The van der Waals surface area contributed by atoms with Crippen LogP contribution < -0.4 is 10.6 Å². The summed E-state index contributed by atoms with van der Waals surface area (Å²) in [5.74, 6) is -6.90. The van der Waals surface area contributed by atoms with Crippen molar-refractivity contribution in [3.63, 3.8) is 0 Å². The van der Waals surface area contributed by atoms with Gasteiger partial charge < -0.3 is 74.0 Å². The number of carbonyl (C=O) groups is 5. The lowest BCUT2D eigenvalue weighted by atomic mass is 9.81. The molecule has 0 aromatic carbocycles. The summed E-state index contributed by atoms with van der Waals surface area (Å²) in [7, 11) is 6.25. The first-order chi connectivity index (χ1) is 41.5. The molecule has 1 unspecified atom stereocenters. The third-order valence-electron chi connectivity index (χ3n) is 18.9. The number of cyclic esters (lactones) is 1. The van der Waals surface area contributed by atoms with Crippen LogP contribution in [0.4, 0.5) is 0 Å². The highest BCUT2D eigenvalue weighted by atomic mass is 16.6. The molecule has 0 spiro atoms. The van der Waals surface area contributed by atoms with Crippen molar-refractivity contribution in [1.82, 2.24) is 20.4 Å². The van der Waals surface area contributed by atoms with Crippen LogP contribution in [0.2, 0.25) is 0 Å². The number of ether oxygens (including phenoxy) is 7. The highest BCUT2D eigenvalue weighted by Gasteiger charge is 2.53. The minimum atomic E-state index is -2.44. The Hall–Kier alpha value is -4.20. The molecule has 1 aliphatic carbocycles. The van der Waals surface area contributed by atoms with E-state index in [4.69, 9.17) is 38.0 Å². The Labute approximate surface area is 517 Å². The monoisotopic (exact) mass is 1230 g/mol. The van der Waals surface area contributed by atoms with E-state index < -0.39 is 84.1 Å². The van der Waals surface area contributed by atoms with Crippen molar-refractivity contribution in [2.75, 3.05) is 87.6 Å². The number of methoxy groups -OCH3 is 4. The molecular weight excluding hydrogens is 1120 g/mol. The second kappa shape index (κ2) is 37.2. The second-order valence-corrected chi connectivity index (χ2v) is 25.6. The maximum absolute atomic E-state index is 14.5. The highest BCUT2D eigenvalue weighted by molar-refractivity contribution is 6.39. The number of allylic oxidation sites excluding steroid dienone is 3. The van der Waals surface area contributed by atoms with Gasteiger partial charge in [-0.3, -0.25) is 24.1 Å². The predicted molar refractivity (Wildman–Crippen MR) is 328 cm³/mol. The number of amides is 3. The number of carbonyl (C=O) groups excluding carboxylic acids is 5. The molecule has 22 heteroatoms. The summed E-state index contributed by atoms with van der Waals surface area (Å²) >= 11 is 0. The number of likely N-dealkylation sites (tertiary alicyclic amines) is 1. The van der Waals surface area contributed by atoms with Crippen LogP contribution in [0.3, 0.4) is 0 Å². The van der Waals surface area contributed by atoms with E-state index in [9.17, 15) is 44.4 Å². The van der Waals surface area contributed by atoms with E-state index >= 15 is 0 Å². The van der Waals surface area contributed by atoms with E-state index in [0.717, 1.165) is 18.4 Å². The zero-order valence-electron chi connectivity index (χ0n) is 54.2. The highest BCUT2D eigenvalue weighted by Crippen LogP contribution is 2.38. The number of Topliss-reactive ketones (excluding diaryl/α,β-unsaturated/α-hetero) is 1. The Kier molecular flexibility index (Phi) is 31.5. The number of rotatable bonds is 18. The maximum atomic E-state index is 14.5. The molecule has 4 fully saturated rings. The third-order valence-corrected chi connectivity index (χ3v) is 18.9. The minimum absolute atomic E-state index is 0.000450. The Morgan fingerprint density at radius 2 is 1.53 bits per heavy atom. The molecule has 5 rings (SSSR count). The number of fused-ring (bicyclic) bond motifs is 3. The maximum Gasteiger partial charge on any atom is 0.329 e. The molecule has 2 bridgehead atoms. The minimum Gasteiger partial charge on any atom is -0.461 e. The van der Waals surface area contributed by atoms with Crippen LogP contribution in [0.1, 0.15) is 151 Å². The van der Waals surface area contributed by atoms with Crippen LogP contribution in [-0.2, 0) is 62.0 Å². The molecule has 4 heterocycles. The topological polar surface area (TPSA) is 283 Å². The first kappa shape index (κ1) is 73.5. The van der Waals surface area contributed by atoms with Crippen LogP contribution in [0.25, 0.3) is 0 Å². The lowest BCUT2D eigenvalue weighted by Gasteiger charge is -2.42. The number of oxime groups is 1. The van der Waals surface area contributed by atoms with Gasteiger partial charge in [-0.2, -0.15) is 0 Å². The Bertz CT molecular complexity index is 2280. The van der Waals surface area contributed by atoms with Crippen molar-refractivity contribution >= 4 is 35.2 Å². The summed E-state index contributed by atoms with van der Waals surface area (Å²) in [5, 5.41) is 57.4. The summed E-state index contributed by atoms with van der Waals surface area (Å²) < 4.78 is 40.6. The smallest absolute Gasteiger partial charge is 0.329 e. The number of piperidine rings is 2. The molecule has 22 nitrogen and oxygen atoms in total. The van der Waals surface area contributed by atoms with Gasteiger partial charge in [-0.25, -0.2) is 4.79 Å². The summed E-state index contributed by atoms with van der Waals surface area (Å²) in [6, 6.07) is -1.25. The van der Waals surface area contributed by atoms with Gasteiger partial charge in [0, 0.05) is 91.3 Å². The number of nitrogens with one attached hydrogen (secondary N) is 2. The van der Waals surface area contributed by atoms with Crippen LogP contribution in [0, 0.1) is 35.5 Å². The van der Waals surface area contributed by atoms with E-state index in [1.807, 2.05) is 26.0 Å². The molecule has 1 saturated carbocycles. The zero-order chi connectivity index (χ0) is 63.8. The van der Waals surface area contributed by atoms with E-state index in [1.54, 1.807) is 48.2 Å². The summed E-state index contributed by atoms with van der Waals surface area (Å²) in [6.45, 7) is 16.5. The molecule has 5 aliphatic rings. The number of ketones is 1. The van der Waals surface area contributed by atoms with Crippen LogP contribution in [0.5, 0.6) is 0 Å². The number of hydrogen-bond acceptors (Lipinski definition) is 19. The third kappa shape index (κ3) is 22.6. The number of aliphatic hydroxyl groups is 4. The van der Waals surface area contributed by atoms with Crippen molar-refractivity contribution in [2.24, 2.45) is 40.7 Å². The van der Waals surface area contributed by atoms with E-state index in [1.165, 1.54) is 12.0 Å². The van der Waals surface area contributed by atoms with Crippen LogP contribution >= 0.6 is 0 Å². The van der Waals surface area contributed by atoms with E-state index in [2.05, 4.69) is 40.6 Å². The van der Waals surface area contributed by atoms with Gasteiger partial charge in [0.2, 0.25) is 11.7 Å². The van der Waals surface area contributed by atoms with Crippen molar-refractivity contribution in [3.8, 4) is 0 Å². The van der Waals surface area contributed by atoms with Crippen LogP contribution in [-0.4, -0.2) is 220 Å². The lowest BCUT2D eigenvalue weighted by Crippen LogP contribution is -2.60. The van der Waals surface area contributed by atoms with Gasteiger partial charge in [0.15, 0.2) is 6.61 Å². The second-order valence-electron chi connectivity index (χ2n) is 25.6. The molecule has 0 aromatic rings. The first-order valence-corrected chi connectivity index (χ1v) is 32.2. The van der Waals surface area contributed by atoms with Crippen LogP contribution in [0.15, 0.2) is 40.6 Å². The van der Waals surface area contributed by atoms with Gasteiger partial charge in [0.25, 0.3) is 17.6 Å². The molecule has 87 heavy (non-hydrogen) atoms. The quantitative estimate of drug-likeness (QED) is 0.0331. The van der Waals surface area contributed by atoms with Crippen molar-refractivity contribution < 1.29 is 82.4 Å². The molecule has 3 saturated heterocycles. The molecule has 0 radical (unpaired) electrons. The lowest BCUT2D eigenvalue weighted by molar-refractivity contribution is -0.265. The number of nitrogens with zero attached hydrogens (tertiary/aromatic N) is 3. The Morgan fingerprint density at radius 1 is 0.782 bits per heavy atom. The standard InChI is InChI=1S/C65H109N5O17/c1-41-16-12-13-17-42(2)55(81-9)38-51-22-19-47(7)65(79,87-51)62(76)63(77)70-28-15-14-18-52(70)64(78)86-50(23-20-48-21-24-53(71)56(36-48)82-10)37-54(72)44(4)35-46(6)60(75)61(83-11)59(45(5)34-43(41)3)68-85-40-58(74)67-49-25-29-69(30-26-49)39-57(73)66-27-31-84-33-32-80-8/h12-13,17,35,41,43-45,47-56,60-61,71-72,75,79H,14-16,18-34,36-40H2,1-11H3,(H,66,73)(H,67,74)/b13-12+,42-17+,46-35+,68-59+/t41?,43-,44+,45+,47+,48+,50+,51-,52-,53+,54+,55-,56+,60+,61-,65+/m0/s1. The fourth-order valence-corrected chi connectivity index (χ4v) is 12.9. The average Bonchev–Trinajstić information content (AvgIpc) is 2.05. The van der Waals surface area contributed by atoms with E-state index in [0.29, 0.717) is 128 Å². The van der Waals surface area contributed by atoms with Crippen molar-refractivity contribution in [3.05, 3.63) is 35.5 Å². The van der Waals surface area contributed by atoms with Gasteiger partial charge >= 0.3 is 5.97 Å². The summed E-state index contributed by atoms with van der Waals surface area (Å²) in [5.41, 5.74) is 1.77. The Morgan fingerprint density at radius 3 is 2.23 bits per heavy atom. The summed E-state index contributed by atoms with van der Waals surface area (Å²) in [6.07, 6.45) is 9.68. The van der Waals surface area contributed by atoms with Crippen molar-refractivity contribution in [1.29, 1.82) is 0 Å².